The average Bonchev–Trinajstić information content (AvgIpc) is 2.35. The van der Waals surface area contributed by atoms with Crippen LogP contribution in [0.3, 0.4) is 0 Å². The highest BCUT2D eigenvalue weighted by atomic mass is 32.2. The van der Waals surface area contributed by atoms with Crippen LogP contribution >= 0.6 is 0 Å². The van der Waals surface area contributed by atoms with E-state index >= 15 is 0 Å². The van der Waals surface area contributed by atoms with Gasteiger partial charge in [0.25, 0.3) is 0 Å². The normalized spacial score (nSPS) is 13.2. The Bertz CT molecular complexity index is 586. The van der Waals surface area contributed by atoms with Crippen LogP contribution in [0.5, 0.6) is 0 Å². The number of rotatable bonds is 5. The summed E-state index contributed by atoms with van der Waals surface area (Å²) in [6, 6.07) is 7.28. The number of nitrogens with one attached hydrogen (secondary N) is 2. The second-order valence-electron chi connectivity index (χ2n) is 5.86. The van der Waals surface area contributed by atoms with Crippen molar-refractivity contribution in [1.82, 2.24) is 10.0 Å². The van der Waals surface area contributed by atoms with Crippen LogP contribution in [-0.2, 0) is 22.3 Å². The van der Waals surface area contributed by atoms with E-state index < -0.39 is 10.0 Å². The Hall–Kier alpha value is -1.60. The van der Waals surface area contributed by atoms with Gasteiger partial charge in [-0.3, -0.25) is 0 Å². The van der Waals surface area contributed by atoms with Gasteiger partial charge in [0, 0.05) is 5.54 Å². The molecule has 0 saturated heterocycles. The van der Waals surface area contributed by atoms with E-state index in [1.54, 1.807) is 12.1 Å². The van der Waals surface area contributed by atoms with Gasteiger partial charge in [-0.25, -0.2) is 18.1 Å². The van der Waals surface area contributed by atoms with Crippen LogP contribution in [0.25, 0.3) is 0 Å². The lowest BCUT2D eigenvalue weighted by Gasteiger charge is -2.20. The van der Waals surface area contributed by atoms with Crippen LogP contribution in [-0.4, -0.2) is 27.0 Å². The molecular formula is C14H24N4O2S. The molecule has 0 aliphatic heterocycles. The summed E-state index contributed by atoms with van der Waals surface area (Å²) >= 11 is 0. The highest BCUT2D eigenvalue weighted by molar-refractivity contribution is 7.88. The predicted octanol–water partition coefficient (Wildman–Crippen LogP) is 0.939. The SMILES string of the molecule is CNS(=O)(=O)Cc1ccc(CN=C(N)NC(C)(C)C)cc1. The monoisotopic (exact) mass is 312 g/mol. The Morgan fingerprint density at radius 3 is 2.19 bits per heavy atom. The predicted molar refractivity (Wildman–Crippen MR) is 86.3 cm³/mol. The highest BCUT2D eigenvalue weighted by Crippen LogP contribution is 2.08. The molecule has 1 aromatic carbocycles. The molecule has 0 aliphatic rings. The molecule has 0 fully saturated rings. The Labute approximate surface area is 126 Å². The minimum absolute atomic E-state index is 0.0270. The third-order valence-electron chi connectivity index (χ3n) is 2.63. The molecule has 0 radical (unpaired) electrons. The van der Waals surface area contributed by atoms with E-state index in [2.05, 4.69) is 15.0 Å². The number of aliphatic imine (C=N–C) groups is 1. The van der Waals surface area contributed by atoms with Gasteiger partial charge in [-0.1, -0.05) is 24.3 Å². The van der Waals surface area contributed by atoms with Crippen molar-refractivity contribution >= 4 is 16.0 Å². The van der Waals surface area contributed by atoms with Crippen LogP contribution < -0.4 is 15.8 Å². The first-order chi connectivity index (χ1) is 9.61. The first-order valence-electron chi connectivity index (χ1n) is 6.68. The molecule has 0 bridgehead atoms. The summed E-state index contributed by atoms with van der Waals surface area (Å²) in [6.45, 7) is 6.47. The van der Waals surface area contributed by atoms with E-state index in [4.69, 9.17) is 5.73 Å². The first-order valence-corrected chi connectivity index (χ1v) is 8.34. The zero-order chi connectivity index (χ0) is 16.1. The van der Waals surface area contributed by atoms with Crippen LogP contribution in [0.2, 0.25) is 0 Å². The summed E-state index contributed by atoms with van der Waals surface area (Å²) in [5, 5.41) is 3.08. The minimum Gasteiger partial charge on any atom is -0.370 e. The average molecular weight is 312 g/mol. The van der Waals surface area contributed by atoms with Crippen molar-refractivity contribution in [1.29, 1.82) is 0 Å². The Morgan fingerprint density at radius 1 is 1.19 bits per heavy atom. The zero-order valence-corrected chi connectivity index (χ0v) is 13.8. The van der Waals surface area contributed by atoms with Gasteiger partial charge in [0.2, 0.25) is 10.0 Å². The summed E-state index contributed by atoms with van der Waals surface area (Å²) in [5.41, 5.74) is 7.37. The fourth-order valence-corrected chi connectivity index (χ4v) is 2.41. The molecular weight excluding hydrogens is 288 g/mol. The Kier molecular flexibility index (Phi) is 5.74. The lowest BCUT2D eigenvalue weighted by molar-refractivity contribution is 0.508. The Balaban J connectivity index is 2.65. The zero-order valence-electron chi connectivity index (χ0n) is 13.0. The van der Waals surface area contributed by atoms with Crippen molar-refractivity contribution < 1.29 is 8.42 Å². The van der Waals surface area contributed by atoms with E-state index in [-0.39, 0.29) is 11.3 Å². The van der Waals surface area contributed by atoms with Crippen molar-refractivity contribution in [3.63, 3.8) is 0 Å². The summed E-state index contributed by atoms with van der Waals surface area (Å²) in [6.07, 6.45) is 0. The maximum Gasteiger partial charge on any atom is 0.215 e. The number of sulfonamides is 1. The van der Waals surface area contributed by atoms with Gasteiger partial charge in [0.05, 0.1) is 12.3 Å². The number of hydrogen-bond donors (Lipinski definition) is 3. The van der Waals surface area contributed by atoms with Crippen LogP contribution in [0.4, 0.5) is 0 Å². The highest BCUT2D eigenvalue weighted by Gasteiger charge is 2.10. The van der Waals surface area contributed by atoms with Gasteiger partial charge in [-0.05, 0) is 38.9 Å². The molecule has 0 spiro atoms. The molecule has 6 nitrogen and oxygen atoms in total. The number of nitrogens with two attached hydrogens (primary N) is 1. The number of hydrogen-bond acceptors (Lipinski definition) is 3. The Morgan fingerprint density at radius 2 is 1.71 bits per heavy atom. The summed E-state index contributed by atoms with van der Waals surface area (Å²) in [7, 11) is -1.83. The van der Waals surface area contributed by atoms with Crippen LogP contribution in [0, 0.1) is 0 Å². The molecule has 1 aromatic rings. The molecule has 0 aromatic heterocycles. The van der Waals surface area contributed by atoms with Gasteiger partial charge in [-0.2, -0.15) is 0 Å². The van der Waals surface area contributed by atoms with Crippen molar-refractivity contribution in [3.8, 4) is 0 Å². The molecule has 0 aliphatic carbocycles. The number of guanidine groups is 1. The van der Waals surface area contributed by atoms with Crippen molar-refractivity contribution in [2.24, 2.45) is 10.7 Å². The van der Waals surface area contributed by atoms with Crippen molar-refractivity contribution in [2.75, 3.05) is 7.05 Å². The van der Waals surface area contributed by atoms with Gasteiger partial charge in [0.15, 0.2) is 5.96 Å². The van der Waals surface area contributed by atoms with Crippen LogP contribution in [0.1, 0.15) is 31.9 Å². The van der Waals surface area contributed by atoms with Gasteiger partial charge >= 0.3 is 0 Å². The molecule has 21 heavy (non-hydrogen) atoms. The molecule has 7 heteroatoms. The molecule has 0 heterocycles. The maximum absolute atomic E-state index is 11.4. The molecule has 0 saturated carbocycles. The second kappa shape index (κ2) is 6.91. The van der Waals surface area contributed by atoms with Crippen LogP contribution in [0.15, 0.2) is 29.3 Å². The van der Waals surface area contributed by atoms with E-state index in [1.807, 2.05) is 32.9 Å². The first kappa shape index (κ1) is 17.5. The van der Waals surface area contributed by atoms with E-state index in [0.717, 1.165) is 11.1 Å². The van der Waals surface area contributed by atoms with Gasteiger partial charge < -0.3 is 11.1 Å². The fourth-order valence-electron chi connectivity index (χ4n) is 1.63. The maximum atomic E-state index is 11.4. The number of nitrogens with zero attached hydrogens (tertiary/aromatic N) is 1. The molecule has 4 N–H and O–H groups in total. The van der Waals surface area contributed by atoms with Gasteiger partial charge in [0.1, 0.15) is 0 Å². The molecule has 118 valence electrons. The molecule has 0 amide bonds. The summed E-state index contributed by atoms with van der Waals surface area (Å²) < 4.78 is 25.2. The van der Waals surface area contributed by atoms with E-state index in [1.165, 1.54) is 7.05 Å². The largest absolute Gasteiger partial charge is 0.370 e. The third-order valence-corrected chi connectivity index (χ3v) is 3.96. The quantitative estimate of drug-likeness (QED) is 0.557. The summed E-state index contributed by atoms with van der Waals surface area (Å²) in [4.78, 5) is 4.25. The van der Waals surface area contributed by atoms with Crippen molar-refractivity contribution in [2.45, 2.75) is 38.6 Å². The van der Waals surface area contributed by atoms with E-state index in [9.17, 15) is 8.42 Å². The second-order valence-corrected chi connectivity index (χ2v) is 7.78. The molecule has 0 atom stereocenters. The lowest BCUT2D eigenvalue weighted by atomic mass is 10.1. The number of benzene rings is 1. The lowest BCUT2D eigenvalue weighted by Crippen LogP contribution is -2.44. The third kappa shape index (κ3) is 7.10. The molecule has 0 unspecified atom stereocenters. The van der Waals surface area contributed by atoms with Gasteiger partial charge in [-0.15, -0.1) is 0 Å². The summed E-state index contributed by atoms with van der Waals surface area (Å²) in [5.74, 6) is 0.366. The molecule has 1 rings (SSSR count). The van der Waals surface area contributed by atoms with E-state index in [0.29, 0.717) is 12.5 Å². The minimum atomic E-state index is -3.24. The smallest absolute Gasteiger partial charge is 0.215 e. The van der Waals surface area contributed by atoms with Crippen molar-refractivity contribution in [3.05, 3.63) is 35.4 Å². The topological polar surface area (TPSA) is 96.6 Å². The standard InChI is InChI=1S/C14H24N4O2S/c1-14(2,3)18-13(15)17-9-11-5-7-12(8-6-11)10-21(19,20)16-4/h5-8,16H,9-10H2,1-4H3,(H3,15,17,18). The fraction of sp³-hybridized carbons (Fsp3) is 0.500.